The molecule has 0 atom stereocenters. The topological polar surface area (TPSA) is 97.6 Å². The van der Waals surface area contributed by atoms with Crippen LogP contribution >= 0.6 is 0 Å². The van der Waals surface area contributed by atoms with E-state index in [9.17, 15) is 9.59 Å². The van der Waals surface area contributed by atoms with Gasteiger partial charge in [-0.05, 0) is 29.7 Å². The van der Waals surface area contributed by atoms with Gasteiger partial charge in [-0.2, -0.15) is 0 Å². The van der Waals surface area contributed by atoms with Crippen LogP contribution in [0.3, 0.4) is 0 Å². The van der Waals surface area contributed by atoms with Crippen molar-refractivity contribution in [3.8, 4) is 17.1 Å². The van der Waals surface area contributed by atoms with E-state index in [1.165, 1.54) is 0 Å². The normalized spacial score (nSPS) is 10.8. The molecule has 2 heterocycles. The van der Waals surface area contributed by atoms with E-state index in [2.05, 4.69) is 15.5 Å². The Bertz CT molecular complexity index is 1030. The monoisotopic (exact) mass is 436 g/mol. The molecule has 0 radical (unpaired) electrons. The summed E-state index contributed by atoms with van der Waals surface area (Å²) in [5, 5.41) is 6.82. The number of ether oxygens (including phenoxy) is 1. The summed E-state index contributed by atoms with van der Waals surface area (Å²) >= 11 is 0. The van der Waals surface area contributed by atoms with Crippen LogP contribution in [0.4, 0.5) is 0 Å². The van der Waals surface area contributed by atoms with Crippen LogP contribution in [0.5, 0.6) is 5.75 Å². The predicted octanol–water partition coefficient (Wildman–Crippen LogP) is 3.55. The first kappa shape index (κ1) is 23.0. The second kappa shape index (κ2) is 11.1. The molecule has 3 rings (SSSR count). The molecule has 8 nitrogen and oxygen atoms in total. The van der Waals surface area contributed by atoms with Gasteiger partial charge in [-0.3, -0.25) is 14.6 Å². The van der Waals surface area contributed by atoms with Crippen LogP contribution in [0.2, 0.25) is 0 Å². The maximum Gasteiger partial charge on any atom is 0.276 e. The van der Waals surface area contributed by atoms with Crippen molar-refractivity contribution in [3.63, 3.8) is 0 Å². The van der Waals surface area contributed by atoms with E-state index < -0.39 is 0 Å². The Morgan fingerprint density at radius 1 is 1.19 bits per heavy atom. The minimum Gasteiger partial charge on any atom is -0.497 e. The Kier molecular flexibility index (Phi) is 7.96. The van der Waals surface area contributed by atoms with Crippen molar-refractivity contribution in [2.75, 3.05) is 20.2 Å². The Labute approximate surface area is 187 Å². The van der Waals surface area contributed by atoms with Gasteiger partial charge in [0.05, 0.1) is 7.11 Å². The number of rotatable bonds is 10. The third kappa shape index (κ3) is 6.41. The number of pyridine rings is 1. The van der Waals surface area contributed by atoms with Gasteiger partial charge in [-0.1, -0.05) is 37.2 Å². The van der Waals surface area contributed by atoms with Crippen molar-refractivity contribution < 1.29 is 18.8 Å². The number of benzene rings is 1. The number of nitrogens with one attached hydrogen (secondary N) is 1. The standard InChI is InChI=1S/C24H28N4O4/c1-17(2)16-28(11-9-23(29)26-15-18-6-5-10-25-14-18)24(30)21-13-22(32-27-21)19-7-4-8-20(12-19)31-3/h4-8,10,12-14,17H,9,11,15-16H2,1-3H3,(H,26,29). The lowest BCUT2D eigenvalue weighted by Crippen LogP contribution is -2.37. The fraction of sp³-hybridized carbons (Fsp3) is 0.333. The summed E-state index contributed by atoms with van der Waals surface area (Å²) in [5.41, 5.74) is 1.89. The number of carbonyl (C=O) groups is 2. The molecule has 168 valence electrons. The first-order chi connectivity index (χ1) is 15.5. The van der Waals surface area contributed by atoms with Gasteiger partial charge < -0.3 is 19.5 Å². The van der Waals surface area contributed by atoms with Crippen LogP contribution in [0, 0.1) is 5.92 Å². The summed E-state index contributed by atoms with van der Waals surface area (Å²) in [5.74, 6) is 1.00. The Morgan fingerprint density at radius 3 is 2.75 bits per heavy atom. The molecular formula is C24H28N4O4. The highest BCUT2D eigenvalue weighted by Crippen LogP contribution is 2.25. The molecule has 3 aromatic rings. The molecule has 2 amide bonds. The Balaban J connectivity index is 1.63. The lowest BCUT2D eigenvalue weighted by Gasteiger charge is -2.23. The van der Waals surface area contributed by atoms with Gasteiger partial charge in [0.2, 0.25) is 5.91 Å². The Hall–Kier alpha value is -3.68. The number of nitrogens with zero attached hydrogens (tertiary/aromatic N) is 3. The maximum atomic E-state index is 13.1. The molecule has 0 saturated carbocycles. The number of aromatic nitrogens is 2. The van der Waals surface area contributed by atoms with Gasteiger partial charge in [0.1, 0.15) is 5.75 Å². The molecule has 0 unspecified atom stereocenters. The van der Waals surface area contributed by atoms with E-state index in [1.54, 1.807) is 30.5 Å². The largest absolute Gasteiger partial charge is 0.497 e. The summed E-state index contributed by atoms with van der Waals surface area (Å²) < 4.78 is 10.6. The third-order valence-corrected chi connectivity index (χ3v) is 4.78. The molecule has 0 aliphatic carbocycles. The SMILES string of the molecule is COc1cccc(-c2cc(C(=O)N(CCC(=O)NCc3cccnc3)CC(C)C)no2)c1. The molecule has 0 saturated heterocycles. The first-order valence-electron chi connectivity index (χ1n) is 10.5. The van der Waals surface area contributed by atoms with Crippen molar-refractivity contribution in [1.29, 1.82) is 0 Å². The fourth-order valence-electron chi connectivity index (χ4n) is 3.20. The van der Waals surface area contributed by atoms with Gasteiger partial charge >= 0.3 is 0 Å². The number of carbonyl (C=O) groups excluding carboxylic acids is 2. The summed E-state index contributed by atoms with van der Waals surface area (Å²) in [6.07, 6.45) is 3.59. The summed E-state index contributed by atoms with van der Waals surface area (Å²) in [7, 11) is 1.59. The number of amides is 2. The molecule has 2 aromatic heterocycles. The summed E-state index contributed by atoms with van der Waals surface area (Å²) in [4.78, 5) is 31.1. The van der Waals surface area contributed by atoms with Crippen LogP contribution < -0.4 is 10.1 Å². The van der Waals surface area contributed by atoms with E-state index >= 15 is 0 Å². The zero-order valence-electron chi connectivity index (χ0n) is 18.6. The van der Waals surface area contributed by atoms with Crippen molar-refractivity contribution >= 4 is 11.8 Å². The fourth-order valence-corrected chi connectivity index (χ4v) is 3.20. The van der Waals surface area contributed by atoms with Crippen molar-refractivity contribution in [2.24, 2.45) is 5.92 Å². The zero-order chi connectivity index (χ0) is 22.9. The molecule has 1 N–H and O–H groups in total. The molecule has 0 spiro atoms. The quantitative estimate of drug-likeness (QED) is 0.522. The first-order valence-corrected chi connectivity index (χ1v) is 10.5. The highest BCUT2D eigenvalue weighted by atomic mass is 16.5. The zero-order valence-corrected chi connectivity index (χ0v) is 18.6. The van der Waals surface area contributed by atoms with E-state index in [0.29, 0.717) is 24.6 Å². The van der Waals surface area contributed by atoms with Gasteiger partial charge in [-0.15, -0.1) is 0 Å². The second-order valence-electron chi connectivity index (χ2n) is 7.84. The molecule has 0 fully saturated rings. The average molecular weight is 437 g/mol. The van der Waals surface area contributed by atoms with Crippen molar-refractivity contribution in [2.45, 2.75) is 26.8 Å². The summed E-state index contributed by atoms with van der Waals surface area (Å²) in [6, 6.07) is 12.7. The highest BCUT2D eigenvalue weighted by molar-refractivity contribution is 5.93. The molecule has 0 aliphatic heterocycles. The lowest BCUT2D eigenvalue weighted by atomic mass is 10.1. The molecule has 0 aliphatic rings. The van der Waals surface area contributed by atoms with Gasteiger partial charge in [0.15, 0.2) is 11.5 Å². The minimum atomic E-state index is -0.267. The van der Waals surface area contributed by atoms with E-state index in [1.807, 2.05) is 50.2 Å². The van der Waals surface area contributed by atoms with Crippen LogP contribution in [-0.4, -0.2) is 47.1 Å². The lowest BCUT2D eigenvalue weighted by molar-refractivity contribution is -0.121. The molecule has 1 aromatic carbocycles. The van der Waals surface area contributed by atoms with E-state index in [-0.39, 0.29) is 36.4 Å². The average Bonchev–Trinajstić information content (AvgIpc) is 3.31. The minimum absolute atomic E-state index is 0.132. The van der Waals surface area contributed by atoms with Crippen molar-refractivity contribution in [1.82, 2.24) is 20.4 Å². The predicted molar refractivity (Wildman–Crippen MR) is 120 cm³/mol. The maximum absolute atomic E-state index is 13.1. The Morgan fingerprint density at radius 2 is 2.03 bits per heavy atom. The molecule has 32 heavy (non-hydrogen) atoms. The van der Waals surface area contributed by atoms with Crippen LogP contribution in [0.25, 0.3) is 11.3 Å². The van der Waals surface area contributed by atoms with Crippen LogP contribution in [0.1, 0.15) is 36.3 Å². The molecular weight excluding hydrogens is 408 g/mol. The number of hydrogen-bond donors (Lipinski definition) is 1. The van der Waals surface area contributed by atoms with Crippen molar-refractivity contribution in [3.05, 3.63) is 66.1 Å². The van der Waals surface area contributed by atoms with E-state index in [4.69, 9.17) is 9.26 Å². The number of methoxy groups -OCH3 is 1. The number of hydrogen-bond acceptors (Lipinski definition) is 6. The third-order valence-electron chi connectivity index (χ3n) is 4.78. The highest BCUT2D eigenvalue weighted by Gasteiger charge is 2.22. The summed E-state index contributed by atoms with van der Waals surface area (Å²) in [6.45, 7) is 5.24. The van der Waals surface area contributed by atoms with Crippen LogP contribution in [-0.2, 0) is 11.3 Å². The van der Waals surface area contributed by atoms with Gasteiger partial charge in [0, 0.05) is 50.1 Å². The van der Waals surface area contributed by atoms with Crippen LogP contribution in [0.15, 0.2) is 59.4 Å². The molecule has 8 heteroatoms. The second-order valence-corrected chi connectivity index (χ2v) is 7.84. The van der Waals surface area contributed by atoms with Gasteiger partial charge in [0.25, 0.3) is 5.91 Å². The smallest absolute Gasteiger partial charge is 0.276 e. The molecule has 0 bridgehead atoms. The van der Waals surface area contributed by atoms with Gasteiger partial charge in [-0.25, -0.2) is 0 Å². The van der Waals surface area contributed by atoms with E-state index in [0.717, 1.165) is 11.1 Å².